The molecule has 0 aromatic heterocycles. The van der Waals surface area contributed by atoms with Gasteiger partial charge in [-0.05, 0) is 32.4 Å². The van der Waals surface area contributed by atoms with E-state index in [0.29, 0.717) is 6.42 Å². The van der Waals surface area contributed by atoms with E-state index in [1.54, 1.807) is 0 Å². The number of hydrogen-bond donors (Lipinski definition) is 1. The van der Waals surface area contributed by atoms with Gasteiger partial charge in [-0.2, -0.15) is 5.26 Å². The smallest absolute Gasteiger partial charge is 0.0621 e. The number of nitriles is 1. The molecule has 0 aliphatic rings. The summed E-state index contributed by atoms with van der Waals surface area (Å²) in [4.78, 5) is 0. The zero-order valence-electron chi connectivity index (χ0n) is 11.6. The van der Waals surface area contributed by atoms with Crippen LogP contribution in [0.2, 0.25) is 0 Å². The summed E-state index contributed by atoms with van der Waals surface area (Å²) in [5.41, 5.74) is 0. The largest absolute Gasteiger partial charge is 0.317 e. The number of nitrogens with one attached hydrogen (secondary N) is 1. The number of unbranched alkanes of at least 4 members (excludes halogenated alkanes) is 9. The minimum atomic E-state index is 0.708. The molecule has 0 bridgehead atoms. The van der Waals surface area contributed by atoms with Crippen LogP contribution in [0, 0.1) is 11.3 Å². The predicted molar refractivity (Wildman–Crippen MR) is 74.9 cm³/mol. The lowest BCUT2D eigenvalue weighted by Crippen LogP contribution is -2.16. The lowest BCUT2D eigenvalue weighted by molar-refractivity contribution is 0.548. The molecule has 0 aromatic rings. The summed E-state index contributed by atoms with van der Waals surface area (Å²) < 4.78 is 0. The Kier molecular flexibility index (Phi) is 15.0. The maximum atomic E-state index is 8.37. The van der Waals surface area contributed by atoms with Crippen LogP contribution in [0.4, 0.5) is 0 Å². The highest BCUT2D eigenvalue weighted by molar-refractivity contribution is 4.68. The van der Waals surface area contributed by atoms with E-state index in [4.69, 9.17) is 5.26 Å². The number of hydrogen-bond acceptors (Lipinski definition) is 2. The Balaban J connectivity index is 2.87. The van der Waals surface area contributed by atoms with Gasteiger partial charge in [-0.3, -0.25) is 0 Å². The van der Waals surface area contributed by atoms with Crippen LogP contribution in [0.15, 0.2) is 0 Å². The van der Waals surface area contributed by atoms with Gasteiger partial charge in [0.25, 0.3) is 0 Å². The van der Waals surface area contributed by atoms with Gasteiger partial charge in [0.2, 0.25) is 0 Å². The van der Waals surface area contributed by atoms with Crippen LogP contribution < -0.4 is 5.32 Å². The SMILES string of the molecule is CCCCCCCCCCNCCCCC#N. The lowest BCUT2D eigenvalue weighted by Gasteiger charge is -2.04. The third-order valence-corrected chi connectivity index (χ3v) is 3.10. The fourth-order valence-corrected chi connectivity index (χ4v) is 1.96. The first-order valence-corrected chi connectivity index (χ1v) is 7.49. The fraction of sp³-hybridized carbons (Fsp3) is 0.933. The van der Waals surface area contributed by atoms with Gasteiger partial charge >= 0.3 is 0 Å². The molecule has 0 heterocycles. The molecule has 0 unspecified atom stereocenters. The summed E-state index contributed by atoms with van der Waals surface area (Å²) in [6.07, 6.45) is 14.0. The Morgan fingerprint density at radius 3 is 1.88 bits per heavy atom. The van der Waals surface area contributed by atoms with Crippen LogP contribution in [0.3, 0.4) is 0 Å². The molecule has 0 rings (SSSR count). The standard InChI is InChI=1S/C15H30N2/c1-2-3-4-5-6-7-8-11-14-17-15-12-9-10-13-16/h17H,2-12,14-15H2,1H3. The van der Waals surface area contributed by atoms with Crippen LogP contribution in [-0.4, -0.2) is 13.1 Å². The summed E-state index contributed by atoms with van der Waals surface area (Å²) in [6.45, 7) is 4.50. The molecule has 100 valence electrons. The molecular formula is C15H30N2. The van der Waals surface area contributed by atoms with Gasteiger partial charge in [-0.15, -0.1) is 0 Å². The molecule has 2 heteroatoms. The van der Waals surface area contributed by atoms with Crippen LogP contribution >= 0.6 is 0 Å². The second-order valence-electron chi connectivity index (χ2n) is 4.84. The zero-order chi connectivity index (χ0) is 12.6. The van der Waals surface area contributed by atoms with Crippen molar-refractivity contribution in [3.8, 4) is 6.07 Å². The predicted octanol–water partition coefficient (Wildman–Crippen LogP) is 4.41. The van der Waals surface area contributed by atoms with E-state index in [2.05, 4.69) is 18.3 Å². The van der Waals surface area contributed by atoms with Gasteiger partial charge in [0, 0.05) is 6.42 Å². The Hall–Kier alpha value is -0.550. The van der Waals surface area contributed by atoms with Crippen molar-refractivity contribution in [2.45, 2.75) is 77.6 Å². The number of nitrogens with zero attached hydrogens (tertiary/aromatic N) is 1. The minimum Gasteiger partial charge on any atom is -0.317 e. The molecule has 0 atom stereocenters. The highest BCUT2D eigenvalue weighted by atomic mass is 14.8. The molecule has 0 radical (unpaired) electrons. The molecular weight excluding hydrogens is 208 g/mol. The first-order chi connectivity index (χ1) is 8.41. The average molecular weight is 238 g/mol. The van der Waals surface area contributed by atoms with Crippen molar-refractivity contribution in [1.29, 1.82) is 5.26 Å². The van der Waals surface area contributed by atoms with E-state index >= 15 is 0 Å². The van der Waals surface area contributed by atoms with E-state index in [1.807, 2.05) is 0 Å². The Morgan fingerprint density at radius 2 is 1.29 bits per heavy atom. The van der Waals surface area contributed by atoms with E-state index in [1.165, 1.54) is 51.4 Å². The molecule has 1 N–H and O–H groups in total. The highest BCUT2D eigenvalue weighted by Gasteiger charge is 1.92. The first kappa shape index (κ1) is 16.4. The van der Waals surface area contributed by atoms with Crippen molar-refractivity contribution in [1.82, 2.24) is 5.32 Å². The second-order valence-corrected chi connectivity index (χ2v) is 4.84. The van der Waals surface area contributed by atoms with Crippen molar-refractivity contribution in [3.63, 3.8) is 0 Å². The summed E-state index contributed by atoms with van der Waals surface area (Å²) in [6, 6.07) is 2.18. The van der Waals surface area contributed by atoms with Crippen LogP contribution in [0.5, 0.6) is 0 Å². The molecule has 0 saturated carbocycles. The maximum absolute atomic E-state index is 8.37. The van der Waals surface area contributed by atoms with Gasteiger partial charge in [-0.1, -0.05) is 51.9 Å². The minimum absolute atomic E-state index is 0.708. The molecule has 0 amide bonds. The van der Waals surface area contributed by atoms with Gasteiger partial charge < -0.3 is 5.32 Å². The topological polar surface area (TPSA) is 35.8 Å². The molecule has 0 aliphatic carbocycles. The highest BCUT2D eigenvalue weighted by Crippen LogP contribution is 2.07. The van der Waals surface area contributed by atoms with Crippen molar-refractivity contribution < 1.29 is 0 Å². The van der Waals surface area contributed by atoms with Crippen molar-refractivity contribution in [3.05, 3.63) is 0 Å². The Labute approximate surface area is 108 Å². The van der Waals surface area contributed by atoms with Gasteiger partial charge in [0.1, 0.15) is 0 Å². The van der Waals surface area contributed by atoms with E-state index in [-0.39, 0.29) is 0 Å². The molecule has 0 spiro atoms. The summed E-state index contributed by atoms with van der Waals surface area (Å²) in [5, 5.41) is 11.8. The van der Waals surface area contributed by atoms with Crippen LogP contribution in [0.1, 0.15) is 77.6 Å². The fourth-order valence-electron chi connectivity index (χ4n) is 1.96. The molecule has 0 saturated heterocycles. The third kappa shape index (κ3) is 15.4. The maximum Gasteiger partial charge on any atom is 0.0621 e. The van der Waals surface area contributed by atoms with E-state index < -0.39 is 0 Å². The Bertz CT molecular complexity index is 172. The zero-order valence-corrected chi connectivity index (χ0v) is 11.6. The molecule has 0 aliphatic heterocycles. The average Bonchev–Trinajstić information content (AvgIpc) is 2.35. The molecule has 17 heavy (non-hydrogen) atoms. The lowest BCUT2D eigenvalue weighted by atomic mass is 10.1. The van der Waals surface area contributed by atoms with Gasteiger partial charge in [0.05, 0.1) is 6.07 Å². The second kappa shape index (κ2) is 15.4. The monoisotopic (exact) mass is 238 g/mol. The molecule has 0 aromatic carbocycles. The van der Waals surface area contributed by atoms with Gasteiger partial charge in [-0.25, -0.2) is 0 Å². The quantitative estimate of drug-likeness (QED) is 0.482. The summed E-state index contributed by atoms with van der Waals surface area (Å²) in [5.74, 6) is 0. The van der Waals surface area contributed by atoms with Gasteiger partial charge in [0.15, 0.2) is 0 Å². The summed E-state index contributed by atoms with van der Waals surface area (Å²) >= 11 is 0. The van der Waals surface area contributed by atoms with Crippen molar-refractivity contribution in [2.24, 2.45) is 0 Å². The van der Waals surface area contributed by atoms with E-state index in [9.17, 15) is 0 Å². The van der Waals surface area contributed by atoms with Crippen molar-refractivity contribution in [2.75, 3.05) is 13.1 Å². The van der Waals surface area contributed by atoms with E-state index in [0.717, 1.165) is 25.9 Å². The Morgan fingerprint density at radius 1 is 0.765 bits per heavy atom. The first-order valence-electron chi connectivity index (χ1n) is 7.49. The molecule has 2 nitrogen and oxygen atoms in total. The number of rotatable bonds is 13. The van der Waals surface area contributed by atoms with Crippen LogP contribution in [0.25, 0.3) is 0 Å². The van der Waals surface area contributed by atoms with Crippen LogP contribution in [-0.2, 0) is 0 Å². The van der Waals surface area contributed by atoms with Crippen molar-refractivity contribution >= 4 is 0 Å². The normalized spacial score (nSPS) is 10.4. The third-order valence-electron chi connectivity index (χ3n) is 3.10. The molecule has 0 fully saturated rings. The summed E-state index contributed by atoms with van der Waals surface area (Å²) in [7, 11) is 0.